The van der Waals surface area contributed by atoms with E-state index in [1.165, 1.54) is 29.5 Å². The Kier molecular flexibility index (Phi) is 6.91. The number of nitrogens with zero attached hydrogens (tertiary/aromatic N) is 1. The summed E-state index contributed by atoms with van der Waals surface area (Å²) in [6.45, 7) is 2.42. The molecular weight excluding hydrogens is 409 g/mol. The van der Waals surface area contributed by atoms with E-state index in [-0.39, 0.29) is 30.5 Å². The van der Waals surface area contributed by atoms with E-state index in [0.29, 0.717) is 22.8 Å². The molecule has 1 aromatic heterocycles. The number of benzene rings is 2. The summed E-state index contributed by atoms with van der Waals surface area (Å²) in [7, 11) is 0. The normalized spacial score (nSPS) is 10.5. The number of hydrogen-bond donors (Lipinski definition) is 4. The van der Waals surface area contributed by atoms with Crippen LogP contribution in [0.4, 0.5) is 24.8 Å². The molecule has 8 nitrogen and oxygen atoms in total. The minimum Gasteiger partial charge on any atom is -0.338 e. The zero-order chi connectivity index (χ0) is 21.5. The Morgan fingerprint density at radius 1 is 1.03 bits per heavy atom. The van der Waals surface area contributed by atoms with Crippen LogP contribution in [0.25, 0.3) is 10.2 Å². The molecule has 4 N–H and O–H groups in total. The highest BCUT2D eigenvalue weighted by atomic mass is 32.1. The van der Waals surface area contributed by atoms with E-state index < -0.39 is 11.8 Å². The molecule has 0 fully saturated rings. The van der Waals surface area contributed by atoms with Crippen molar-refractivity contribution in [2.75, 3.05) is 23.7 Å². The van der Waals surface area contributed by atoms with Gasteiger partial charge in [-0.05, 0) is 37.3 Å². The molecule has 0 saturated heterocycles. The number of nitrogens with one attached hydrogen (secondary N) is 4. The predicted molar refractivity (Wildman–Crippen MR) is 115 cm³/mol. The summed E-state index contributed by atoms with van der Waals surface area (Å²) in [6.07, 6.45) is 0.0824. The number of rotatable bonds is 7. The molecule has 3 aromatic rings. The first kappa shape index (κ1) is 21.2. The van der Waals surface area contributed by atoms with Crippen molar-refractivity contribution < 1.29 is 18.8 Å². The first-order valence-corrected chi connectivity index (χ1v) is 10.1. The van der Waals surface area contributed by atoms with Gasteiger partial charge in [-0.1, -0.05) is 23.5 Å². The summed E-state index contributed by atoms with van der Waals surface area (Å²) in [5.74, 6) is -0.697. The average molecular weight is 429 g/mol. The molecule has 0 unspecified atom stereocenters. The van der Waals surface area contributed by atoms with Gasteiger partial charge < -0.3 is 16.0 Å². The molecule has 0 saturated carbocycles. The molecule has 0 spiro atoms. The van der Waals surface area contributed by atoms with Crippen LogP contribution in [-0.2, 0) is 0 Å². The van der Waals surface area contributed by atoms with Crippen LogP contribution in [-0.4, -0.2) is 35.9 Å². The predicted octanol–water partition coefficient (Wildman–Crippen LogP) is 3.97. The standard InChI is InChI=1S/C20H20FN5O3S/c1-2-22-18(28)26-20-25-15-8-7-12(11-17(15)30-20)16(27)9-10-23-19(29)24-14-6-4-3-5-13(14)21/h3-8,11H,2,9-10H2,1H3,(H2,23,24,29)(H2,22,25,26,28). The summed E-state index contributed by atoms with van der Waals surface area (Å²) in [5.41, 5.74) is 1.21. The van der Waals surface area contributed by atoms with Crippen LogP contribution >= 0.6 is 11.3 Å². The van der Waals surface area contributed by atoms with E-state index >= 15 is 0 Å². The Morgan fingerprint density at radius 2 is 1.80 bits per heavy atom. The third-order valence-electron chi connectivity index (χ3n) is 4.03. The number of amides is 4. The maximum atomic E-state index is 13.5. The number of thiazole rings is 1. The van der Waals surface area contributed by atoms with Crippen molar-refractivity contribution >= 4 is 50.2 Å². The van der Waals surface area contributed by atoms with E-state index in [9.17, 15) is 18.8 Å². The summed E-state index contributed by atoms with van der Waals surface area (Å²) >= 11 is 1.26. The van der Waals surface area contributed by atoms with E-state index in [0.717, 1.165) is 4.70 Å². The van der Waals surface area contributed by atoms with Crippen LogP contribution in [0.1, 0.15) is 23.7 Å². The summed E-state index contributed by atoms with van der Waals surface area (Å²) in [5, 5.41) is 10.6. The highest BCUT2D eigenvalue weighted by Crippen LogP contribution is 2.27. The lowest BCUT2D eigenvalue weighted by Crippen LogP contribution is -2.30. The van der Waals surface area contributed by atoms with Crippen molar-refractivity contribution in [1.29, 1.82) is 0 Å². The minimum atomic E-state index is -0.591. The largest absolute Gasteiger partial charge is 0.338 e. The minimum absolute atomic E-state index is 0.0639. The van der Waals surface area contributed by atoms with Crippen molar-refractivity contribution in [2.24, 2.45) is 0 Å². The average Bonchev–Trinajstić information content (AvgIpc) is 3.11. The Labute approximate surface area is 175 Å². The van der Waals surface area contributed by atoms with Gasteiger partial charge in [0.25, 0.3) is 0 Å². The second kappa shape index (κ2) is 9.79. The number of hydrogen-bond acceptors (Lipinski definition) is 5. The van der Waals surface area contributed by atoms with Gasteiger partial charge in [0.15, 0.2) is 10.9 Å². The van der Waals surface area contributed by atoms with Crippen LogP contribution < -0.4 is 21.3 Å². The molecule has 0 aliphatic carbocycles. The molecule has 2 aromatic carbocycles. The van der Waals surface area contributed by atoms with Crippen LogP contribution in [0.3, 0.4) is 0 Å². The second-order valence-corrected chi connectivity index (χ2v) is 7.25. The molecular formula is C20H20FN5O3S. The Hall–Kier alpha value is -3.53. The van der Waals surface area contributed by atoms with Gasteiger partial charge in [-0.15, -0.1) is 0 Å². The summed E-state index contributed by atoms with van der Waals surface area (Å²) in [4.78, 5) is 40.2. The zero-order valence-corrected chi connectivity index (χ0v) is 16.9. The number of halogens is 1. The molecule has 0 aliphatic heterocycles. The van der Waals surface area contributed by atoms with Gasteiger partial charge in [-0.3, -0.25) is 10.1 Å². The van der Waals surface area contributed by atoms with Gasteiger partial charge in [0.05, 0.1) is 15.9 Å². The number of para-hydroxylation sites is 1. The molecule has 4 amide bonds. The van der Waals surface area contributed by atoms with Gasteiger partial charge in [0, 0.05) is 25.1 Å². The van der Waals surface area contributed by atoms with Crippen LogP contribution in [0.2, 0.25) is 0 Å². The number of carbonyl (C=O) groups is 3. The number of urea groups is 2. The number of Topliss-reactive ketones (excluding diaryl/α,β-unsaturated/α-hetero) is 1. The van der Waals surface area contributed by atoms with Crippen molar-refractivity contribution in [3.63, 3.8) is 0 Å². The molecule has 156 valence electrons. The Morgan fingerprint density at radius 3 is 2.57 bits per heavy atom. The Balaban J connectivity index is 1.54. The van der Waals surface area contributed by atoms with Crippen LogP contribution in [0.5, 0.6) is 0 Å². The molecule has 0 radical (unpaired) electrons. The number of aromatic nitrogens is 1. The van der Waals surface area contributed by atoms with E-state index in [4.69, 9.17) is 0 Å². The monoisotopic (exact) mass is 429 g/mol. The van der Waals surface area contributed by atoms with Crippen molar-refractivity contribution in [1.82, 2.24) is 15.6 Å². The number of anilines is 2. The van der Waals surface area contributed by atoms with Crippen molar-refractivity contribution in [3.8, 4) is 0 Å². The van der Waals surface area contributed by atoms with Gasteiger partial charge in [0.1, 0.15) is 5.82 Å². The number of carbonyl (C=O) groups excluding carboxylic acids is 3. The summed E-state index contributed by atoms with van der Waals surface area (Å²) < 4.78 is 14.3. The topological polar surface area (TPSA) is 112 Å². The highest BCUT2D eigenvalue weighted by molar-refractivity contribution is 7.22. The lowest BCUT2D eigenvalue weighted by Gasteiger charge is -2.08. The van der Waals surface area contributed by atoms with Crippen molar-refractivity contribution in [3.05, 3.63) is 53.8 Å². The van der Waals surface area contributed by atoms with Crippen molar-refractivity contribution in [2.45, 2.75) is 13.3 Å². The zero-order valence-electron chi connectivity index (χ0n) is 16.1. The quantitative estimate of drug-likeness (QED) is 0.426. The molecule has 0 aliphatic rings. The lowest BCUT2D eigenvalue weighted by atomic mass is 10.1. The SMILES string of the molecule is CCNC(=O)Nc1nc2ccc(C(=O)CCNC(=O)Nc3ccccc3F)cc2s1. The van der Waals surface area contributed by atoms with Gasteiger partial charge >= 0.3 is 12.1 Å². The maximum Gasteiger partial charge on any atom is 0.321 e. The van der Waals surface area contributed by atoms with Gasteiger partial charge in [-0.2, -0.15) is 0 Å². The molecule has 0 bridgehead atoms. The van der Waals surface area contributed by atoms with E-state index in [1.54, 1.807) is 24.3 Å². The third kappa shape index (κ3) is 5.51. The lowest BCUT2D eigenvalue weighted by molar-refractivity contribution is 0.0984. The fourth-order valence-corrected chi connectivity index (χ4v) is 3.52. The molecule has 1 heterocycles. The first-order chi connectivity index (χ1) is 14.5. The van der Waals surface area contributed by atoms with Gasteiger partial charge in [-0.25, -0.2) is 19.0 Å². The van der Waals surface area contributed by atoms with E-state index in [1.807, 2.05) is 6.92 Å². The number of fused-ring (bicyclic) bond motifs is 1. The van der Waals surface area contributed by atoms with Gasteiger partial charge in [0.2, 0.25) is 0 Å². The third-order valence-corrected chi connectivity index (χ3v) is 4.96. The smallest absolute Gasteiger partial charge is 0.321 e. The van der Waals surface area contributed by atoms with Crippen LogP contribution in [0, 0.1) is 5.82 Å². The van der Waals surface area contributed by atoms with Crippen LogP contribution in [0.15, 0.2) is 42.5 Å². The fraction of sp³-hybridized carbons (Fsp3) is 0.200. The molecule has 0 atom stereocenters. The molecule has 3 rings (SSSR count). The highest BCUT2D eigenvalue weighted by Gasteiger charge is 2.12. The second-order valence-electron chi connectivity index (χ2n) is 6.22. The number of ketones is 1. The summed E-state index contributed by atoms with van der Waals surface area (Å²) in [6, 6.07) is 9.95. The maximum absolute atomic E-state index is 13.5. The first-order valence-electron chi connectivity index (χ1n) is 9.24. The Bertz CT molecular complexity index is 1090. The molecule has 10 heteroatoms. The van der Waals surface area contributed by atoms with E-state index in [2.05, 4.69) is 26.3 Å². The molecule has 30 heavy (non-hydrogen) atoms. The fourth-order valence-electron chi connectivity index (χ4n) is 2.62.